The van der Waals surface area contributed by atoms with E-state index in [0.29, 0.717) is 17.9 Å². The van der Waals surface area contributed by atoms with E-state index < -0.39 is 18.2 Å². The van der Waals surface area contributed by atoms with E-state index in [2.05, 4.69) is 10.1 Å². The van der Waals surface area contributed by atoms with Crippen LogP contribution in [0, 0.1) is 5.82 Å². The van der Waals surface area contributed by atoms with Crippen LogP contribution in [-0.2, 0) is 13.0 Å². The summed E-state index contributed by atoms with van der Waals surface area (Å²) in [6, 6.07) is 9.43. The molecule has 0 saturated carbocycles. The summed E-state index contributed by atoms with van der Waals surface area (Å²) >= 11 is 0. The van der Waals surface area contributed by atoms with Gasteiger partial charge in [0.25, 0.3) is 0 Å². The van der Waals surface area contributed by atoms with Gasteiger partial charge in [0, 0.05) is 12.6 Å². The highest BCUT2D eigenvalue weighted by Crippen LogP contribution is 2.36. The summed E-state index contributed by atoms with van der Waals surface area (Å²) < 4.78 is 42.0. The van der Waals surface area contributed by atoms with Gasteiger partial charge in [-0.2, -0.15) is 8.78 Å². The van der Waals surface area contributed by atoms with E-state index in [1.165, 1.54) is 12.1 Å². The molecule has 2 aromatic rings. The molecule has 0 unspecified atom stereocenters. The van der Waals surface area contributed by atoms with Gasteiger partial charge in [0.15, 0.2) is 11.6 Å². The van der Waals surface area contributed by atoms with Crippen molar-refractivity contribution in [3.8, 4) is 11.5 Å². The number of hydrogen-bond acceptors (Lipinski definition) is 3. The molecule has 1 atom stereocenters. The summed E-state index contributed by atoms with van der Waals surface area (Å²) in [5.74, 6) is -0.972. The van der Waals surface area contributed by atoms with Crippen LogP contribution < -0.4 is 10.1 Å². The lowest BCUT2D eigenvalue weighted by Gasteiger charge is -2.15. The number of ether oxygens (including phenoxy) is 1. The van der Waals surface area contributed by atoms with E-state index in [1.807, 2.05) is 6.07 Å². The minimum absolute atomic E-state index is 0.0807. The van der Waals surface area contributed by atoms with Crippen molar-refractivity contribution in [3.05, 3.63) is 58.9 Å². The molecule has 0 aromatic heterocycles. The molecule has 0 amide bonds. The predicted molar refractivity (Wildman–Crippen MR) is 79.0 cm³/mol. The SMILES string of the molecule is Oc1cccc2c1CC[C@@H]2NCc1ccc(OC(F)F)c(F)c1. The quantitative estimate of drug-likeness (QED) is 0.876. The van der Waals surface area contributed by atoms with Crippen LogP contribution in [0.15, 0.2) is 36.4 Å². The molecule has 1 aliphatic carbocycles. The lowest BCUT2D eigenvalue weighted by atomic mass is 10.1. The maximum absolute atomic E-state index is 13.7. The molecule has 2 N–H and O–H groups in total. The highest BCUT2D eigenvalue weighted by atomic mass is 19.3. The Morgan fingerprint density at radius 2 is 2.09 bits per heavy atom. The lowest BCUT2D eigenvalue weighted by Crippen LogP contribution is -2.18. The fourth-order valence-corrected chi connectivity index (χ4v) is 2.93. The first kappa shape index (κ1) is 15.7. The summed E-state index contributed by atoms with van der Waals surface area (Å²) in [7, 11) is 0. The van der Waals surface area contributed by atoms with Gasteiger partial charge >= 0.3 is 6.61 Å². The monoisotopic (exact) mass is 323 g/mol. The highest BCUT2D eigenvalue weighted by Gasteiger charge is 2.24. The molecule has 2 aromatic carbocycles. The van der Waals surface area contributed by atoms with Crippen LogP contribution in [0.1, 0.15) is 29.2 Å². The van der Waals surface area contributed by atoms with E-state index in [4.69, 9.17) is 0 Å². The van der Waals surface area contributed by atoms with Crippen LogP contribution in [0.2, 0.25) is 0 Å². The first-order valence-electron chi connectivity index (χ1n) is 7.32. The normalized spacial score (nSPS) is 16.6. The van der Waals surface area contributed by atoms with Crippen molar-refractivity contribution in [2.24, 2.45) is 0 Å². The minimum Gasteiger partial charge on any atom is -0.508 e. The van der Waals surface area contributed by atoms with Gasteiger partial charge in [0.2, 0.25) is 0 Å². The zero-order chi connectivity index (χ0) is 16.4. The van der Waals surface area contributed by atoms with Gasteiger partial charge in [-0.3, -0.25) is 0 Å². The Hall–Kier alpha value is -2.21. The number of hydrogen-bond donors (Lipinski definition) is 2. The van der Waals surface area contributed by atoms with E-state index in [1.54, 1.807) is 18.2 Å². The Balaban J connectivity index is 1.66. The summed E-state index contributed by atoms with van der Waals surface area (Å²) in [5, 5.41) is 13.1. The molecule has 0 radical (unpaired) electrons. The first-order valence-corrected chi connectivity index (χ1v) is 7.32. The van der Waals surface area contributed by atoms with Gasteiger partial charge in [-0.15, -0.1) is 0 Å². The second-order valence-corrected chi connectivity index (χ2v) is 5.46. The van der Waals surface area contributed by atoms with Crippen molar-refractivity contribution in [2.75, 3.05) is 0 Å². The zero-order valence-electron chi connectivity index (χ0n) is 12.2. The second-order valence-electron chi connectivity index (χ2n) is 5.46. The molecule has 1 aliphatic rings. The molecule has 0 spiro atoms. The third-order valence-corrected chi connectivity index (χ3v) is 4.01. The van der Waals surface area contributed by atoms with Crippen LogP contribution in [0.5, 0.6) is 11.5 Å². The number of alkyl halides is 2. The number of rotatable bonds is 5. The number of aromatic hydroxyl groups is 1. The van der Waals surface area contributed by atoms with Gasteiger partial charge in [0.05, 0.1) is 0 Å². The Morgan fingerprint density at radius 1 is 1.26 bits per heavy atom. The van der Waals surface area contributed by atoms with Crippen LogP contribution in [0.25, 0.3) is 0 Å². The number of nitrogens with one attached hydrogen (secondary N) is 1. The van der Waals surface area contributed by atoms with Crippen LogP contribution in [-0.4, -0.2) is 11.7 Å². The lowest BCUT2D eigenvalue weighted by molar-refractivity contribution is -0.0522. The largest absolute Gasteiger partial charge is 0.508 e. The van der Waals surface area contributed by atoms with E-state index >= 15 is 0 Å². The van der Waals surface area contributed by atoms with Crippen molar-refractivity contribution in [1.29, 1.82) is 0 Å². The zero-order valence-corrected chi connectivity index (χ0v) is 12.2. The van der Waals surface area contributed by atoms with Crippen molar-refractivity contribution in [3.63, 3.8) is 0 Å². The summed E-state index contributed by atoms with van der Waals surface area (Å²) in [6.07, 6.45) is 1.64. The average molecular weight is 323 g/mol. The van der Waals surface area contributed by atoms with Gasteiger partial charge in [-0.25, -0.2) is 4.39 Å². The summed E-state index contributed by atoms with van der Waals surface area (Å²) in [6.45, 7) is -2.65. The molecule has 122 valence electrons. The van der Waals surface area contributed by atoms with Crippen molar-refractivity contribution in [1.82, 2.24) is 5.32 Å². The number of fused-ring (bicyclic) bond motifs is 1. The molecule has 3 nitrogen and oxygen atoms in total. The van der Waals surface area contributed by atoms with Gasteiger partial charge in [0.1, 0.15) is 5.75 Å². The van der Waals surface area contributed by atoms with Crippen LogP contribution in [0.4, 0.5) is 13.2 Å². The fourth-order valence-electron chi connectivity index (χ4n) is 2.93. The third-order valence-electron chi connectivity index (χ3n) is 4.01. The fraction of sp³-hybridized carbons (Fsp3) is 0.294. The molecule has 23 heavy (non-hydrogen) atoms. The molecule has 0 aliphatic heterocycles. The Labute approximate surface area is 131 Å². The van der Waals surface area contributed by atoms with E-state index in [-0.39, 0.29) is 6.04 Å². The smallest absolute Gasteiger partial charge is 0.387 e. The average Bonchev–Trinajstić information content (AvgIpc) is 2.92. The number of phenolic OH excluding ortho intramolecular Hbond substituents is 1. The minimum atomic E-state index is -3.05. The van der Waals surface area contributed by atoms with Gasteiger partial charge in [-0.05, 0) is 47.7 Å². The Kier molecular flexibility index (Phi) is 4.43. The summed E-state index contributed by atoms with van der Waals surface area (Å²) in [4.78, 5) is 0. The van der Waals surface area contributed by atoms with E-state index in [0.717, 1.165) is 24.0 Å². The third kappa shape index (κ3) is 3.42. The Morgan fingerprint density at radius 3 is 2.83 bits per heavy atom. The van der Waals surface area contributed by atoms with Crippen molar-refractivity contribution in [2.45, 2.75) is 32.0 Å². The number of halogens is 3. The molecular formula is C17H16F3NO2. The van der Waals surface area contributed by atoms with E-state index in [9.17, 15) is 18.3 Å². The second kappa shape index (κ2) is 6.50. The van der Waals surface area contributed by atoms with Crippen LogP contribution >= 0.6 is 0 Å². The first-order chi connectivity index (χ1) is 11.0. The predicted octanol–water partition coefficient (Wildman–Crippen LogP) is 3.91. The van der Waals surface area contributed by atoms with Gasteiger partial charge in [-0.1, -0.05) is 18.2 Å². The van der Waals surface area contributed by atoms with Crippen molar-refractivity contribution >= 4 is 0 Å². The van der Waals surface area contributed by atoms with Crippen LogP contribution in [0.3, 0.4) is 0 Å². The maximum atomic E-state index is 13.7. The topological polar surface area (TPSA) is 41.5 Å². The standard InChI is InChI=1S/C17H16F3NO2/c18-13-8-10(4-7-16(13)23-17(19)20)9-21-14-6-5-12-11(14)2-1-3-15(12)22/h1-4,7-8,14,17,21-22H,5-6,9H2/t14-/m0/s1. The maximum Gasteiger partial charge on any atom is 0.387 e. The molecule has 6 heteroatoms. The molecule has 3 rings (SSSR count). The summed E-state index contributed by atoms with van der Waals surface area (Å²) in [5.41, 5.74) is 2.62. The number of benzene rings is 2. The molecule has 0 fully saturated rings. The molecular weight excluding hydrogens is 307 g/mol. The molecule has 0 heterocycles. The molecule has 0 saturated heterocycles. The number of phenols is 1. The van der Waals surface area contributed by atoms with Crippen molar-refractivity contribution < 1.29 is 23.0 Å². The highest BCUT2D eigenvalue weighted by molar-refractivity contribution is 5.44. The van der Waals surface area contributed by atoms with Gasteiger partial charge < -0.3 is 15.2 Å². The molecule has 0 bridgehead atoms. The Bertz CT molecular complexity index is 706.